The van der Waals surface area contributed by atoms with Gasteiger partial charge in [0.1, 0.15) is 0 Å². The van der Waals surface area contributed by atoms with Gasteiger partial charge in [-0.1, -0.05) is 25.1 Å². The van der Waals surface area contributed by atoms with E-state index in [9.17, 15) is 4.79 Å². The van der Waals surface area contributed by atoms with Gasteiger partial charge in [0.25, 0.3) is 0 Å². The van der Waals surface area contributed by atoms with E-state index in [2.05, 4.69) is 28.2 Å². The second kappa shape index (κ2) is 4.29. The van der Waals surface area contributed by atoms with Gasteiger partial charge in [-0.05, 0) is 12.5 Å². The number of benzene rings is 1. The van der Waals surface area contributed by atoms with Crippen molar-refractivity contribution < 1.29 is 4.79 Å². The maximum absolute atomic E-state index is 11.7. The first-order valence-corrected chi connectivity index (χ1v) is 6.22. The van der Waals surface area contributed by atoms with E-state index in [-0.39, 0.29) is 5.91 Å². The van der Waals surface area contributed by atoms with Gasteiger partial charge in [-0.15, -0.1) is 0 Å². The lowest BCUT2D eigenvalue weighted by molar-refractivity contribution is -0.115. The number of carbonyl (C=O) groups excluding carboxylic acids is 1. The molecule has 0 saturated carbocycles. The standard InChI is InChI=1S/C14H15N3O/c1-2-7-17-9-13(18)16-12-8-15-11-6-4-3-5-10(11)14(12)17/h3-6,8H,2,7,9H2,1H3,(H,16,18). The van der Waals surface area contributed by atoms with Gasteiger partial charge in [0.15, 0.2) is 0 Å². The van der Waals surface area contributed by atoms with Crippen LogP contribution in [-0.4, -0.2) is 24.0 Å². The second-order valence-electron chi connectivity index (χ2n) is 4.51. The first kappa shape index (κ1) is 11.0. The number of anilines is 2. The van der Waals surface area contributed by atoms with Gasteiger partial charge in [0.05, 0.1) is 29.6 Å². The Bertz CT molecular complexity index is 609. The third-order valence-electron chi connectivity index (χ3n) is 3.17. The first-order valence-electron chi connectivity index (χ1n) is 6.22. The molecule has 4 nitrogen and oxygen atoms in total. The summed E-state index contributed by atoms with van der Waals surface area (Å²) in [5, 5.41) is 4.00. The fraction of sp³-hybridized carbons (Fsp3) is 0.286. The molecular weight excluding hydrogens is 226 g/mol. The van der Waals surface area contributed by atoms with Gasteiger partial charge >= 0.3 is 0 Å². The highest BCUT2D eigenvalue weighted by Gasteiger charge is 2.23. The summed E-state index contributed by atoms with van der Waals surface area (Å²) in [6.07, 6.45) is 2.76. The highest BCUT2D eigenvalue weighted by Crippen LogP contribution is 2.35. The van der Waals surface area contributed by atoms with Crippen molar-refractivity contribution in [3.63, 3.8) is 0 Å². The van der Waals surface area contributed by atoms with E-state index in [0.717, 1.165) is 35.2 Å². The van der Waals surface area contributed by atoms with Crippen molar-refractivity contribution in [1.29, 1.82) is 0 Å². The topological polar surface area (TPSA) is 45.2 Å². The van der Waals surface area contributed by atoms with E-state index < -0.39 is 0 Å². The lowest BCUT2D eigenvalue weighted by Crippen LogP contribution is -2.38. The molecule has 92 valence electrons. The van der Waals surface area contributed by atoms with Gasteiger partial charge in [-0.25, -0.2) is 0 Å². The molecule has 4 heteroatoms. The van der Waals surface area contributed by atoms with Crippen LogP contribution in [0.4, 0.5) is 11.4 Å². The van der Waals surface area contributed by atoms with E-state index in [1.54, 1.807) is 6.20 Å². The van der Waals surface area contributed by atoms with Crippen LogP contribution in [0, 0.1) is 0 Å². The van der Waals surface area contributed by atoms with Crippen LogP contribution >= 0.6 is 0 Å². The summed E-state index contributed by atoms with van der Waals surface area (Å²) in [7, 11) is 0. The first-order chi connectivity index (χ1) is 8.79. The summed E-state index contributed by atoms with van der Waals surface area (Å²) < 4.78 is 0. The summed E-state index contributed by atoms with van der Waals surface area (Å²) >= 11 is 0. The Morgan fingerprint density at radius 3 is 3.06 bits per heavy atom. The van der Waals surface area contributed by atoms with Gasteiger partial charge in [-0.3, -0.25) is 9.78 Å². The molecule has 1 aliphatic heterocycles. The molecule has 0 saturated heterocycles. The van der Waals surface area contributed by atoms with Crippen LogP contribution in [0.25, 0.3) is 10.9 Å². The number of rotatable bonds is 2. The van der Waals surface area contributed by atoms with E-state index in [1.807, 2.05) is 18.2 Å². The van der Waals surface area contributed by atoms with Crippen LogP contribution in [0.3, 0.4) is 0 Å². The molecule has 1 N–H and O–H groups in total. The Morgan fingerprint density at radius 1 is 1.39 bits per heavy atom. The van der Waals surface area contributed by atoms with Gasteiger partial charge in [0, 0.05) is 11.9 Å². The molecule has 0 unspecified atom stereocenters. The zero-order chi connectivity index (χ0) is 12.5. The fourth-order valence-corrected chi connectivity index (χ4v) is 2.46. The van der Waals surface area contributed by atoms with E-state index in [4.69, 9.17) is 0 Å². The van der Waals surface area contributed by atoms with Crippen molar-refractivity contribution in [2.75, 3.05) is 23.3 Å². The quantitative estimate of drug-likeness (QED) is 0.878. The highest BCUT2D eigenvalue weighted by atomic mass is 16.2. The summed E-state index contributed by atoms with van der Waals surface area (Å²) in [5.74, 6) is 0.0352. The summed E-state index contributed by atoms with van der Waals surface area (Å²) in [5.41, 5.74) is 2.88. The summed E-state index contributed by atoms with van der Waals surface area (Å²) in [6, 6.07) is 8.04. The minimum absolute atomic E-state index is 0.0352. The molecular formula is C14H15N3O. The molecule has 3 rings (SSSR count). The Morgan fingerprint density at radius 2 is 2.22 bits per heavy atom. The zero-order valence-corrected chi connectivity index (χ0v) is 10.3. The van der Waals surface area contributed by atoms with Crippen molar-refractivity contribution in [2.24, 2.45) is 0 Å². The molecule has 0 spiro atoms. The number of aromatic nitrogens is 1. The molecule has 1 amide bonds. The SMILES string of the molecule is CCCN1CC(=O)Nc2cnc3ccccc3c21. The smallest absolute Gasteiger partial charge is 0.243 e. The van der Waals surface area contributed by atoms with Crippen molar-refractivity contribution in [2.45, 2.75) is 13.3 Å². The lowest BCUT2D eigenvalue weighted by Gasteiger charge is -2.31. The molecule has 0 aliphatic carbocycles. The predicted octanol–water partition coefficient (Wildman–Crippen LogP) is 2.40. The van der Waals surface area contributed by atoms with E-state index in [0.29, 0.717) is 6.54 Å². The molecule has 18 heavy (non-hydrogen) atoms. The van der Waals surface area contributed by atoms with Crippen molar-refractivity contribution in [3.05, 3.63) is 30.5 Å². The summed E-state index contributed by atoms with van der Waals surface area (Å²) in [6.45, 7) is 3.43. The third kappa shape index (κ3) is 1.70. The Balaban J connectivity index is 2.22. The number of hydrogen-bond acceptors (Lipinski definition) is 3. The van der Waals surface area contributed by atoms with Crippen LogP contribution in [0.2, 0.25) is 0 Å². The highest BCUT2D eigenvalue weighted by molar-refractivity contribution is 6.08. The third-order valence-corrected chi connectivity index (χ3v) is 3.17. The fourth-order valence-electron chi connectivity index (χ4n) is 2.46. The van der Waals surface area contributed by atoms with E-state index >= 15 is 0 Å². The number of fused-ring (bicyclic) bond motifs is 3. The number of nitrogens with zero attached hydrogens (tertiary/aromatic N) is 2. The molecule has 1 aliphatic rings. The van der Waals surface area contributed by atoms with Gasteiger partial charge < -0.3 is 10.2 Å². The molecule has 1 aromatic carbocycles. The van der Waals surface area contributed by atoms with E-state index in [1.165, 1.54) is 0 Å². The molecule has 2 heterocycles. The number of hydrogen-bond donors (Lipinski definition) is 1. The largest absolute Gasteiger partial charge is 0.360 e. The van der Waals surface area contributed by atoms with Crippen LogP contribution in [0.15, 0.2) is 30.5 Å². The van der Waals surface area contributed by atoms with Crippen molar-refractivity contribution in [1.82, 2.24) is 4.98 Å². The Kier molecular flexibility index (Phi) is 2.63. The Labute approximate surface area is 106 Å². The minimum atomic E-state index is 0.0352. The van der Waals surface area contributed by atoms with Crippen molar-refractivity contribution in [3.8, 4) is 0 Å². The maximum atomic E-state index is 11.7. The number of nitrogens with one attached hydrogen (secondary N) is 1. The molecule has 1 aromatic heterocycles. The van der Waals surface area contributed by atoms with Crippen LogP contribution < -0.4 is 10.2 Å². The van der Waals surface area contributed by atoms with Crippen molar-refractivity contribution >= 4 is 28.2 Å². The average molecular weight is 241 g/mol. The molecule has 0 bridgehead atoms. The molecule has 0 atom stereocenters. The Hall–Kier alpha value is -2.10. The maximum Gasteiger partial charge on any atom is 0.243 e. The normalized spacial score (nSPS) is 14.5. The number of pyridine rings is 1. The van der Waals surface area contributed by atoms with Gasteiger partial charge in [0.2, 0.25) is 5.91 Å². The molecule has 0 radical (unpaired) electrons. The second-order valence-corrected chi connectivity index (χ2v) is 4.51. The average Bonchev–Trinajstić information content (AvgIpc) is 2.38. The van der Waals surface area contributed by atoms with Crippen LogP contribution in [-0.2, 0) is 4.79 Å². The van der Waals surface area contributed by atoms with Crippen LogP contribution in [0.1, 0.15) is 13.3 Å². The predicted molar refractivity (Wildman–Crippen MR) is 72.9 cm³/mol. The van der Waals surface area contributed by atoms with Crippen LogP contribution in [0.5, 0.6) is 0 Å². The molecule has 2 aromatic rings. The number of carbonyl (C=O) groups is 1. The summed E-state index contributed by atoms with van der Waals surface area (Å²) in [4.78, 5) is 18.2. The molecule has 0 fully saturated rings. The monoisotopic (exact) mass is 241 g/mol. The van der Waals surface area contributed by atoms with Gasteiger partial charge in [-0.2, -0.15) is 0 Å². The number of amides is 1. The number of para-hydroxylation sites is 1. The lowest BCUT2D eigenvalue weighted by atomic mass is 10.1. The minimum Gasteiger partial charge on any atom is -0.360 e. The zero-order valence-electron chi connectivity index (χ0n) is 10.3.